The summed E-state index contributed by atoms with van der Waals surface area (Å²) < 4.78 is 1.84. The fourth-order valence-electron chi connectivity index (χ4n) is 4.03. The van der Waals surface area contributed by atoms with Gasteiger partial charge in [0, 0.05) is 42.4 Å². The van der Waals surface area contributed by atoms with Gasteiger partial charge in [-0.3, -0.25) is 19.5 Å². The molecule has 0 spiro atoms. The Labute approximate surface area is 219 Å². The van der Waals surface area contributed by atoms with Crippen LogP contribution in [0.25, 0.3) is 16.8 Å². The van der Waals surface area contributed by atoms with E-state index in [1.807, 2.05) is 47.2 Å². The normalized spacial score (nSPS) is 12.7. The summed E-state index contributed by atoms with van der Waals surface area (Å²) >= 11 is 0. The van der Waals surface area contributed by atoms with E-state index in [2.05, 4.69) is 20.7 Å². The van der Waals surface area contributed by atoms with Crippen LogP contribution >= 0.6 is 0 Å². The van der Waals surface area contributed by atoms with Gasteiger partial charge in [0.05, 0.1) is 18.1 Å². The molecule has 2 aromatic heterocycles. The SMILES string of the molecule is CC(=O)On1cc(-c2cccc(C(=O)Nc3nc(CCCC(=O)NC4CC4)cn3-c3ccccc3)c2)cn1. The number of imidazole rings is 1. The van der Waals surface area contributed by atoms with Gasteiger partial charge in [-0.2, -0.15) is 0 Å². The molecule has 1 aliphatic carbocycles. The third-order valence-corrected chi connectivity index (χ3v) is 6.04. The van der Waals surface area contributed by atoms with Crippen molar-refractivity contribution >= 4 is 23.7 Å². The van der Waals surface area contributed by atoms with E-state index >= 15 is 0 Å². The number of carbonyl (C=O) groups is 3. The zero-order valence-corrected chi connectivity index (χ0v) is 21.0. The van der Waals surface area contributed by atoms with Crippen molar-refractivity contribution in [3.63, 3.8) is 0 Å². The van der Waals surface area contributed by atoms with Crippen molar-refractivity contribution in [1.82, 2.24) is 24.8 Å². The van der Waals surface area contributed by atoms with Gasteiger partial charge in [0.25, 0.3) is 5.91 Å². The molecule has 4 aromatic rings. The lowest BCUT2D eigenvalue weighted by molar-refractivity contribution is -0.143. The summed E-state index contributed by atoms with van der Waals surface area (Å²) in [6.45, 7) is 1.29. The van der Waals surface area contributed by atoms with Gasteiger partial charge in [-0.15, -0.1) is 5.10 Å². The number of para-hydroxylation sites is 1. The minimum absolute atomic E-state index is 0.0711. The molecule has 2 heterocycles. The maximum Gasteiger partial charge on any atom is 0.331 e. The molecule has 194 valence electrons. The third-order valence-electron chi connectivity index (χ3n) is 6.04. The van der Waals surface area contributed by atoms with Crippen molar-refractivity contribution in [1.29, 1.82) is 0 Å². The molecule has 2 N–H and O–H groups in total. The molecule has 38 heavy (non-hydrogen) atoms. The Balaban J connectivity index is 1.31. The molecular formula is C28H28N6O4. The molecule has 2 amide bonds. The summed E-state index contributed by atoms with van der Waals surface area (Å²) in [7, 11) is 0. The fourth-order valence-corrected chi connectivity index (χ4v) is 4.03. The summed E-state index contributed by atoms with van der Waals surface area (Å²) in [6, 6.07) is 17.0. The average molecular weight is 513 g/mol. The number of benzene rings is 2. The molecule has 1 aliphatic rings. The van der Waals surface area contributed by atoms with E-state index in [0.717, 1.165) is 34.6 Å². The smallest absolute Gasteiger partial charge is 0.331 e. The number of carbonyl (C=O) groups excluding carboxylic acids is 3. The van der Waals surface area contributed by atoms with Gasteiger partial charge in [-0.1, -0.05) is 35.2 Å². The van der Waals surface area contributed by atoms with Crippen molar-refractivity contribution in [2.75, 3.05) is 5.32 Å². The van der Waals surface area contributed by atoms with Crippen molar-refractivity contribution in [2.24, 2.45) is 0 Å². The number of nitrogens with zero attached hydrogens (tertiary/aromatic N) is 4. The first-order chi connectivity index (χ1) is 18.4. The largest absolute Gasteiger partial charge is 0.353 e. The quantitative estimate of drug-likeness (QED) is 0.335. The first kappa shape index (κ1) is 24.9. The van der Waals surface area contributed by atoms with Gasteiger partial charge in [-0.05, 0) is 55.5 Å². The van der Waals surface area contributed by atoms with Crippen molar-refractivity contribution in [3.8, 4) is 16.8 Å². The van der Waals surface area contributed by atoms with Crippen LogP contribution < -0.4 is 15.5 Å². The number of anilines is 1. The molecule has 0 radical (unpaired) electrons. The van der Waals surface area contributed by atoms with Crippen LogP contribution in [0.3, 0.4) is 0 Å². The van der Waals surface area contributed by atoms with Crippen molar-refractivity contribution in [2.45, 2.75) is 45.1 Å². The lowest BCUT2D eigenvalue weighted by Gasteiger charge is -2.09. The van der Waals surface area contributed by atoms with Crippen LogP contribution in [0.2, 0.25) is 0 Å². The van der Waals surface area contributed by atoms with Crippen LogP contribution in [0, 0.1) is 0 Å². The Bertz CT molecular complexity index is 1460. The number of hydrogen-bond donors (Lipinski definition) is 2. The molecule has 10 heteroatoms. The van der Waals surface area contributed by atoms with Gasteiger partial charge < -0.3 is 10.2 Å². The highest BCUT2D eigenvalue weighted by atomic mass is 16.7. The molecule has 0 aliphatic heterocycles. The predicted octanol–water partition coefficient (Wildman–Crippen LogP) is 3.56. The van der Waals surface area contributed by atoms with Gasteiger partial charge in [-0.25, -0.2) is 9.78 Å². The van der Waals surface area contributed by atoms with Crippen LogP contribution in [-0.4, -0.2) is 43.3 Å². The first-order valence-electron chi connectivity index (χ1n) is 12.5. The average Bonchev–Trinajstić information content (AvgIpc) is 3.44. The molecule has 5 rings (SSSR count). The van der Waals surface area contributed by atoms with Gasteiger partial charge in [0.1, 0.15) is 0 Å². The summed E-state index contributed by atoms with van der Waals surface area (Å²) in [5.41, 5.74) is 3.52. The summed E-state index contributed by atoms with van der Waals surface area (Å²) in [5, 5.41) is 9.95. The molecule has 0 atom stereocenters. The lowest BCUT2D eigenvalue weighted by Crippen LogP contribution is -2.25. The maximum atomic E-state index is 13.2. The number of aromatic nitrogens is 4. The number of rotatable bonds is 10. The van der Waals surface area contributed by atoms with Crippen LogP contribution in [0.5, 0.6) is 0 Å². The molecule has 0 unspecified atom stereocenters. The second-order valence-electron chi connectivity index (χ2n) is 9.21. The summed E-state index contributed by atoms with van der Waals surface area (Å²) in [4.78, 5) is 47.2. The number of amides is 2. The number of aryl methyl sites for hydroxylation is 1. The van der Waals surface area contributed by atoms with E-state index in [0.29, 0.717) is 42.4 Å². The topological polar surface area (TPSA) is 120 Å². The minimum atomic E-state index is -0.484. The van der Waals surface area contributed by atoms with Crippen molar-refractivity contribution in [3.05, 3.63) is 84.4 Å². The van der Waals surface area contributed by atoms with Gasteiger partial charge >= 0.3 is 5.97 Å². The van der Waals surface area contributed by atoms with E-state index in [1.54, 1.807) is 30.6 Å². The van der Waals surface area contributed by atoms with E-state index in [1.165, 1.54) is 6.92 Å². The van der Waals surface area contributed by atoms with Crippen LogP contribution in [0.4, 0.5) is 5.95 Å². The van der Waals surface area contributed by atoms with E-state index in [9.17, 15) is 14.4 Å². The summed E-state index contributed by atoms with van der Waals surface area (Å²) in [6.07, 6.45) is 8.87. The Hall–Kier alpha value is -4.73. The number of hydrogen-bond acceptors (Lipinski definition) is 6. The third kappa shape index (κ3) is 6.33. The monoisotopic (exact) mass is 512 g/mol. The highest BCUT2D eigenvalue weighted by Gasteiger charge is 2.23. The summed E-state index contributed by atoms with van der Waals surface area (Å²) in [5.74, 6) is -0.339. The predicted molar refractivity (Wildman–Crippen MR) is 141 cm³/mol. The second kappa shape index (κ2) is 11.1. The molecule has 2 aromatic carbocycles. The number of nitrogens with one attached hydrogen (secondary N) is 2. The van der Waals surface area contributed by atoms with Crippen LogP contribution in [-0.2, 0) is 16.0 Å². The highest BCUT2D eigenvalue weighted by molar-refractivity contribution is 6.04. The van der Waals surface area contributed by atoms with Crippen LogP contribution in [0.15, 0.2) is 73.2 Å². The van der Waals surface area contributed by atoms with Gasteiger partial charge in [0.2, 0.25) is 11.9 Å². The first-order valence-corrected chi connectivity index (χ1v) is 12.5. The van der Waals surface area contributed by atoms with E-state index < -0.39 is 5.97 Å². The zero-order valence-electron chi connectivity index (χ0n) is 21.0. The Kier molecular flexibility index (Phi) is 7.30. The fraction of sp³-hybridized carbons (Fsp3) is 0.250. The second-order valence-corrected chi connectivity index (χ2v) is 9.21. The molecule has 0 saturated heterocycles. The lowest BCUT2D eigenvalue weighted by atomic mass is 10.1. The van der Waals surface area contributed by atoms with Crippen molar-refractivity contribution < 1.29 is 19.2 Å². The van der Waals surface area contributed by atoms with Gasteiger partial charge in [0.15, 0.2) is 0 Å². The zero-order chi connectivity index (χ0) is 26.5. The molecule has 1 fully saturated rings. The Morgan fingerprint density at radius 1 is 1.03 bits per heavy atom. The van der Waals surface area contributed by atoms with Crippen LogP contribution in [0.1, 0.15) is 48.7 Å². The highest BCUT2D eigenvalue weighted by Crippen LogP contribution is 2.23. The Morgan fingerprint density at radius 2 is 1.84 bits per heavy atom. The van der Waals surface area contributed by atoms with E-state index in [-0.39, 0.29) is 11.8 Å². The Morgan fingerprint density at radius 3 is 2.61 bits per heavy atom. The minimum Gasteiger partial charge on any atom is -0.353 e. The maximum absolute atomic E-state index is 13.2. The molecule has 1 saturated carbocycles. The molecular weight excluding hydrogens is 484 g/mol. The standard InChI is InChI=1S/C28H28N6O4/c1-19(35)38-34-17-22(16-29-34)20-7-5-8-21(15-20)27(37)32-28-31-24(9-6-12-26(36)30-23-13-14-23)18-33(28)25-10-3-2-4-11-25/h2-5,7-8,10-11,15-18,23H,6,9,12-14H2,1H3,(H,30,36)(H,31,32,37). The molecule has 0 bridgehead atoms. The molecule has 10 nitrogen and oxygen atoms in total. The van der Waals surface area contributed by atoms with E-state index in [4.69, 9.17) is 4.84 Å².